The summed E-state index contributed by atoms with van der Waals surface area (Å²) in [7, 11) is 1.91. The third-order valence-corrected chi connectivity index (χ3v) is 5.28. The average Bonchev–Trinajstić information content (AvgIpc) is 3.48. The van der Waals surface area contributed by atoms with Gasteiger partial charge in [-0.1, -0.05) is 13.8 Å². The number of hydrogen-bond acceptors (Lipinski definition) is 6. The molecule has 0 radical (unpaired) electrons. The van der Waals surface area contributed by atoms with Gasteiger partial charge >= 0.3 is 0 Å². The molecule has 0 amide bonds. The first-order chi connectivity index (χ1) is 14.6. The van der Waals surface area contributed by atoms with Crippen molar-refractivity contribution in [3.63, 3.8) is 0 Å². The summed E-state index contributed by atoms with van der Waals surface area (Å²) >= 11 is 0. The van der Waals surface area contributed by atoms with Crippen LogP contribution < -0.4 is 5.32 Å². The van der Waals surface area contributed by atoms with Gasteiger partial charge in [0.05, 0.1) is 5.69 Å². The fourth-order valence-corrected chi connectivity index (χ4v) is 3.84. The maximum absolute atomic E-state index is 5.86. The van der Waals surface area contributed by atoms with E-state index in [0.29, 0.717) is 24.1 Å². The summed E-state index contributed by atoms with van der Waals surface area (Å²) in [5.41, 5.74) is 6.24. The lowest BCUT2D eigenvalue weighted by molar-refractivity contribution is 0.500. The molecule has 8 heteroatoms. The van der Waals surface area contributed by atoms with Crippen molar-refractivity contribution in [1.82, 2.24) is 35.1 Å². The van der Waals surface area contributed by atoms with Gasteiger partial charge in [0.2, 0.25) is 11.8 Å². The Labute approximate surface area is 173 Å². The van der Waals surface area contributed by atoms with Gasteiger partial charge in [-0.05, 0) is 48.9 Å². The molecule has 0 spiro atoms. The van der Waals surface area contributed by atoms with E-state index < -0.39 is 0 Å². The highest BCUT2D eigenvalue weighted by Gasteiger charge is 2.18. The summed E-state index contributed by atoms with van der Waals surface area (Å²) in [6.07, 6.45) is 4.28. The van der Waals surface area contributed by atoms with E-state index in [1.807, 2.05) is 25.4 Å². The van der Waals surface area contributed by atoms with Gasteiger partial charge in [-0.3, -0.25) is 0 Å². The van der Waals surface area contributed by atoms with E-state index in [0.717, 1.165) is 39.9 Å². The molecule has 2 N–H and O–H groups in total. The molecule has 0 unspecified atom stereocenters. The van der Waals surface area contributed by atoms with Crippen molar-refractivity contribution in [2.45, 2.75) is 26.2 Å². The molecule has 5 rings (SSSR count). The molecular weight excluding hydrogens is 378 g/mol. The molecule has 0 aliphatic carbocycles. The number of rotatable bonds is 6. The van der Waals surface area contributed by atoms with Crippen molar-refractivity contribution in [1.29, 1.82) is 0 Å². The van der Waals surface area contributed by atoms with Gasteiger partial charge < -0.3 is 14.7 Å². The van der Waals surface area contributed by atoms with Crippen LogP contribution >= 0.6 is 0 Å². The molecule has 1 aromatic carbocycles. The molecule has 0 saturated carbocycles. The lowest BCUT2D eigenvalue weighted by Crippen LogP contribution is -2.10. The van der Waals surface area contributed by atoms with Crippen LogP contribution in [0, 0.1) is 0 Å². The van der Waals surface area contributed by atoms with Crippen LogP contribution in [0.3, 0.4) is 0 Å². The Bertz CT molecular complexity index is 1330. The van der Waals surface area contributed by atoms with Crippen LogP contribution in [0.25, 0.3) is 39.3 Å². The van der Waals surface area contributed by atoms with E-state index in [-0.39, 0.29) is 0 Å². The molecule has 5 aromatic rings. The first-order valence-electron chi connectivity index (χ1n) is 10.1. The van der Waals surface area contributed by atoms with Gasteiger partial charge in [-0.15, -0.1) is 10.2 Å². The SMILES string of the molecule is CNCCc1nnc(-c2ccc3[nH]c(-c4ccc5ncnn5c4)c(C(C)C)c3c2)o1. The molecule has 0 bridgehead atoms. The minimum atomic E-state index is 0.323. The molecule has 0 atom stereocenters. The normalized spacial score (nSPS) is 11.9. The number of aromatic nitrogens is 6. The number of pyridine rings is 1. The fraction of sp³-hybridized carbons (Fsp3) is 0.273. The maximum Gasteiger partial charge on any atom is 0.247 e. The summed E-state index contributed by atoms with van der Waals surface area (Å²) in [5.74, 6) is 1.51. The van der Waals surface area contributed by atoms with E-state index in [1.54, 1.807) is 10.8 Å². The number of nitrogens with zero attached hydrogens (tertiary/aromatic N) is 5. The van der Waals surface area contributed by atoms with Crippen LogP contribution in [0.2, 0.25) is 0 Å². The number of likely N-dealkylation sites (N-methyl/N-ethyl adjacent to an activating group) is 1. The summed E-state index contributed by atoms with van der Waals surface area (Å²) in [6.45, 7) is 5.21. The molecule has 0 aliphatic heterocycles. The number of benzene rings is 1. The van der Waals surface area contributed by atoms with Crippen LogP contribution in [0.4, 0.5) is 0 Å². The minimum Gasteiger partial charge on any atom is -0.421 e. The zero-order valence-corrected chi connectivity index (χ0v) is 17.2. The highest BCUT2D eigenvalue weighted by atomic mass is 16.4. The fourth-order valence-electron chi connectivity index (χ4n) is 3.84. The van der Waals surface area contributed by atoms with Crippen molar-refractivity contribution >= 4 is 16.6 Å². The number of nitrogens with one attached hydrogen (secondary N) is 2. The number of hydrogen-bond donors (Lipinski definition) is 2. The zero-order chi connectivity index (χ0) is 20.7. The van der Waals surface area contributed by atoms with Crippen molar-refractivity contribution in [3.05, 3.63) is 54.3 Å². The largest absolute Gasteiger partial charge is 0.421 e. The molecule has 4 aromatic heterocycles. The Morgan fingerprint density at radius 3 is 2.83 bits per heavy atom. The molecule has 4 heterocycles. The van der Waals surface area contributed by atoms with E-state index in [2.05, 4.69) is 62.6 Å². The third-order valence-electron chi connectivity index (χ3n) is 5.28. The zero-order valence-electron chi connectivity index (χ0n) is 17.2. The maximum atomic E-state index is 5.86. The Kier molecular flexibility index (Phi) is 4.55. The summed E-state index contributed by atoms with van der Waals surface area (Å²) in [4.78, 5) is 7.83. The van der Waals surface area contributed by atoms with Gasteiger partial charge in [0, 0.05) is 41.2 Å². The number of H-pyrrole nitrogens is 1. The molecule has 0 saturated heterocycles. The van der Waals surface area contributed by atoms with E-state index in [9.17, 15) is 0 Å². The first-order valence-corrected chi connectivity index (χ1v) is 10.1. The van der Waals surface area contributed by atoms with Crippen molar-refractivity contribution < 1.29 is 4.42 Å². The second kappa shape index (κ2) is 7.38. The topological polar surface area (TPSA) is 96.9 Å². The number of aromatic amines is 1. The molecular formula is C22H23N7O. The van der Waals surface area contributed by atoms with Gasteiger partial charge in [0.1, 0.15) is 6.33 Å². The highest BCUT2D eigenvalue weighted by molar-refractivity contribution is 5.93. The van der Waals surface area contributed by atoms with Crippen LogP contribution in [-0.4, -0.2) is 43.4 Å². The summed E-state index contributed by atoms with van der Waals surface area (Å²) in [5, 5.41) is 16.9. The Hall–Kier alpha value is -3.52. The van der Waals surface area contributed by atoms with Crippen molar-refractivity contribution in [2.75, 3.05) is 13.6 Å². The lowest BCUT2D eigenvalue weighted by atomic mass is 9.96. The smallest absolute Gasteiger partial charge is 0.247 e. The lowest BCUT2D eigenvalue weighted by Gasteiger charge is -2.09. The van der Waals surface area contributed by atoms with Gasteiger partial charge in [-0.2, -0.15) is 5.10 Å². The van der Waals surface area contributed by atoms with Crippen molar-refractivity contribution in [3.8, 4) is 22.7 Å². The van der Waals surface area contributed by atoms with Crippen LogP contribution in [0.5, 0.6) is 0 Å². The predicted octanol–water partition coefficient (Wildman–Crippen LogP) is 3.81. The monoisotopic (exact) mass is 401 g/mol. The Morgan fingerprint density at radius 1 is 1.13 bits per heavy atom. The average molecular weight is 401 g/mol. The minimum absolute atomic E-state index is 0.323. The molecule has 152 valence electrons. The second-order valence-electron chi connectivity index (χ2n) is 7.66. The molecule has 0 fully saturated rings. The van der Waals surface area contributed by atoms with Gasteiger partial charge in [0.15, 0.2) is 5.65 Å². The summed E-state index contributed by atoms with van der Waals surface area (Å²) < 4.78 is 7.65. The van der Waals surface area contributed by atoms with E-state index in [1.165, 1.54) is 5.56 Å². The van der Waals surface area contributed by atoms with Crippen LogP contribution in [0.15, 0.2) is 47.3 Å². The van der Waals surface area contributed by atoms with E-state index in [4.69, 9.17) is 4.42 Å². The first kappa shape index (κ1) is 18.5. The van der Waals surface area contributed by atoms with E-state index >= 15 is 0 Å². The Morgan fingerprint density at radius 2 is 2.00 bits per heavy atom. The molecule has 0 aliphatic rings. The van der Waals surface area contributed by atoms with Gasteiger partial charge in [0.25, 0.3) is 0 Å². The summed E-state index contributed by atoms with van der Waals surface area (Å²) in [6, 6.07) is 10.3. The van der Waals surface area contributed by atoms with Crippen LogP contribution in [0.1, 0.15) is 31.2 Å². The van der Waals surface area contributed by atoms with Crippen molar-refractivity contribution in [2.24, 2.45) is 0 Å². The third kappa shape index (κ3) is 3.15. The highest BCUT2D eigenvalue weighted by Crippen LogP contribution is 2.37. The quantitative estimate of drug-likeness (QED) is 0.449. The molecule has 8 nitrogen and oxygen atoms in total. The number of fused-ring (bicyclic) bond motifs is 2. The Balaban J connectivity index is 1.61. The van der Waals surface area contributed by atoms with Crippen LogP contribution in [-0.2, 0) is 6.42 Å². The van der Waals surface area contributed by atoms with Gasteiger partial charge in [-0.25, -0.2) is 9.50 Å². The predicted molar refractivity (Wildman–Crippen MR) is 115 cm³/mol. The second-order valence-corrected chi connectivity index (χ2v) is 7.66. The standard InChI is InChI=1S/C22H23N7O/c1-13(2)20-16-10-14(22-28-27-19(30-22)8-9-23-3)4-6-17(16)26-21(20)15-5-7-18-24-12-25-29(18)11-15/h4-7,10-13,23,26H,8-9H2,1-3H3. The molecule has 30 heavy (non-hydrogen) atoms.